The molecule has 1 aromatic heterocycles. The van der Waals surface area contributed by atoms with Crippen molar-refractivity contribution in [3.8, 4) is 11.3 Å². The Kier molecular flexibility index (Phi) is 3.37. The highest BCUT2D eigenvalue weighted by Gasteiger charge is 2.34. The molecule has 0 saturated carbocycles. The minimum atomic E-state index is -0.776. The van der Waals surface area contributed by atoms with Crippen molar-refractivity contribution in [1.82, 2.24) is 9.97 Å². The Bertz CT molecular complexity index is 762. The van der Waals surface area contributed by atoms with Crippen molar-refractivity contribution in [2.75, 3.05) is 23.3 Å². The van der Waals surface area contributed by atoms with Crippen LogP contribution in [0.15, 0.2) is 30.6 Å². The summed E-state index contributed by atoms with van der Waals surface area (Å²) in [6.07, 6.45) is 3.88. The maximum Gasteiger partial charge on any atom is 0.326 e. The molecular weight excluding hydrogens is 292 g/mol. The number of carbonyl (C=O) groups is 1. The molecule has 2 aliphatic rings. The maximum absolute atomic E-state index is 11.5. The van der Waals surface area contributed by atoms with Gasteiger partial charge in [-0.2, -0.15) is 0 Å². The summed E-state index contributed by atoms with van der Waals surface area (Å²) in [5.41, 5.74) is 4.06. The summed E-state index contributed by atoms with van der Waals surface area (Å²) in [4.78, 5) is 22.4. The van der Waals surface area contributed by atoms with Gasteiger partial charge < -0.3 is 15.3 Å². The molecule has 0 unspecified atom stereocenters. The number of nitrogens with one attached hydrogen (secondary N) is 1. The van der Waals surface area contributed by atoms with E-state index in [0.717, 1.165) is 54.3 Å². The molecule has 2 aromatic rings. The van der Waals surface area contributed by atoms with Gasteiger partial charge >= 0.3 is 5.97 Å². The summed E-state index contributed by atoms with van der Waals surface area (Å²) in [5, 5.41) is 12.9. The smallest absolute Gasteiger partial charge is 0.326 e. The number of carboxylic acids is 1. The molecule has 0 radical (unpaired) electrons. The fourth-order valence-electron chi connectivity index (χ4n) is 3.56. The van der Waals surface area contributed by atoms with Gasteiger partial charge in [0.15, 0.2) is 0 Å². The number of fused-ring (bicyclic) bond motifs is 3. The lowest BCUT2D eigenvalue weighted by Gasteiger charge is -2.25. The number of anilines is 2. The van der Waals surface area contributed by atoms with Crippen LogP contribution >= 0.6 is 0 Å². The van der Waals surface area contributed by atoms with E-state index >= 15 is 0 Å². The summed E-state index contributed by atoms with van der Waals surface area (Å²) < 4.78 is 0. The molecule has 1 fully saturated rings. The Morgan fingerprint density at radius 3 is 3.04 bits per heavy atom. The lowest BCUT2D eigenvalue weighted by molar-refractivity contribution is -0.138. The molecule has 3 heterocycles. The fourth-order valence-corrected chi connectivity index (χ4v) is 3.56. The van der Waals surface area contributed by atoms with Crippen molar-refractivity contribution in [2.24, 2.45) is 0 Å². The van der Waals surface area contributed by atoms with Gasteiger partial charge in [-0.05, 0) is 25.3 Å². The van der Waals surface area contributed by atoms with Gasteiger partial charge in [0.2, 0.25) is 0 Å². The second-order valence-electron chi connectivity index (χ2n) is 5.94. The van der Waals surface area contributed by atoms with Crippen LogP contribution in [0, 0.1) is 0 Å². The zero-order valence-electron chi connectivity index (χ0n) is 12.7. The van der Waals surface area contributed by atoms with Crippen molar-refractivity contribution in [3.63, 3.8) is 0 Å². The third kappa shape index (κ3) is 2.30. The fraction of sp³-hybridized carbons (Fsp3) is 0.353. The average molecular weight is 310 g/mol. The first kappa shape index (κ1) is 14.0. The van der Waals surface area contributed by atoms with Gasteiger partial charge in [0, 0.05) is 29.9 Å². The molecule has 6 nitrogen and oxygen atoms in total. The number of rotatable bonds is 2. The molecule has 118 valence electrons. The summed E-state index contributed by atoms with van der Waals surface area (Å²) in [6.45, 7) is 1.52. The minimum Gasteiger partial charge on any atom is -0.480 e. The molecule has 1 atom stereocenters. The third-order valence-corrected chi connectivity index (χ3v) is 4.61. The lowest BCUT2D eigenvalue weighted by Crippen LogP contribution is -2.37. The molecule has 1 saturated heterocycles. The molecular formula is C17H18N4O2. The van der Waals surface area contributed by atoms with Gasteiger partial charge in [0.25, 0.3) is 0 Å². The predicted octanol–water partition coefficient (Wildman–Crippen LogP) is 2.17. The minimum absolute atomic E-state index is 0.486. The zero-order valence-corrected chi connectivity index (χ0v) is 12.7. The Morgan fingerprint density at radius 2 is 2.17 bits per heavy atom. The van der Waals surface area contributed by atoms with E-state index < -0.39 is 12.0 Å². The standard InChI is InChI=1S/C17H18N4O2/c22-17(23)14-6-3-9-21(14)16-12-7-8-18-13-5-2-1-4-11(13)15(12)19-10-20-16/h1-2,4-5,10,14,18H,3,6-9H2,(H,22,23)/t14-/m0/s1. The van der Waals surface area contributed by atoms with Crippen molar-refractivity contribution < 1.29 is 9.90 Å². The number of nitrogens with zero attached hydrogens (tertiary/aromatic N) is 3. The first-order valence-electron chi connectivity index (χ1n) is 7.92. The number of hydrogen-bond acceptors (Lipinski definition) is 5. The Morgan fingerprint density at radius 1 is 1.30 bits per heavy atom. The third-order valence-electron chi connectivity index (χ3n) is 4.61. The van der Waals surface area contributed by atoms with Crippen LogP contribution in [-0.2, 0) is 11.2 Å². The van der Waals surface area contributed by atoms with Crippen LogP contribution in [0.25, 0.3) is 11.3 Å². The molecule has 2 N–H and O–H groups in total. The first-order valence-corrected chi connectivity index (χ1v) is 7.92. The van der Waals surface area contributed by atoms with Gasteiger partial charge in [-0.15, -0.1) is 0 Å². The largest absolute Gasteiger partial charge is 0.480 e. The van der Waals surface area contributed by atoms with E-state index in [4.69, 9.17) is 0 Å². The summed E-state index contributed by atoms with van der Waals surface area (Å²) in [5.74, 6) is 0.000382. The topological polar surface area (TPSA) is 78.3 Å². The quantitative estimate of drug-likeness (QED) is 0.885. The molecule has 6 heteroatoms. The average Bonchev–Trinajstić information content (AvgIpc) is 2.97. The van der Waals surface area contributed by atoms with Crippen LogP contribution in [0.4, 0.5) is 11.5 Å². The summed E-state index contributed by atoms with van der Waals surface area (Å²) in [6, 6.07) is 7.59. The highest BCUT2D eigenvalue weighted by atomic mass is 16.4. The van der Waals surface area contributed by atoms with Crippen molar-refractivity contribution in [1.29, 1.82) is 0 Å². The molecule has 23 heavy (non-hydrogen) atoms. The predicted molar refractivity (Wildman–Crippen MR) is 87.7 cm³/mol. The van der Waals surface area contributed by atoms with E-state index in [1.54, 1.807) is 6.33 Å². The second kappa shape index (κ2) is 5.53. The summed E-state index contributed by atoms with van der Waals surface area (Å²) >= 11 is 0. The number of benzene rings is 1. The Balaban J connectivity index is 1.85. The maximum atomic E-state index is 11.5. The van der Waals surface area contributed by atoms with E-state index in [0.29, 0.717) is 6.42 Å². The van der Waals surface area contributed by atoms with E-state index in [1.165, 1.54) is 0 Å². The number of aromatic nitrogens is 2. The van der Waals surface area contributed by atoms with Crippen molar-refractivity contribution in [3.05, 3.63) is 36.2 Å². The molecule has 0 aliphatic carbocycles. The van der Waals surface area contributed by atoms with Gasteiger partial charge in [-0.1, -0.05) is 18.2 Å². The van der Waals surface area contributed by atoms with E-state index in [2.05, 4.69) is 15.3 Å². The molecule has 0 bridgehead atoms. The normalized spacial score (nSPS) is 19.5. The van der Waals surface area contributed by atoms with E-state index in [1.807, 2.05) is 29.2 Å². The SMILES string of the molecule is O=C(O)[C@@H]1CCCN1c1ncnc2c1CCNc1ccccc1-2. The van der Waals surface area contributed by atoms with Crippen LogP contribution in [0.5, 0.6) is 0 Å². The van der Waals surface area contributed by atoms with Crippen molar-refractivity contribution in [2.45, 2.75) is 25.3 Å². The van der Waals surface area contributed by atoms with Crippen LogP contribution in [0.1, 0.15) is 18.4 Å². The first-order chi connectivity index (χ1) is 11.3. The van der Waals surface area contributed by atoms with Gasteiger partial charge in [0.1, 0.15) is 18.2 Å². The molecule has 0 spiro atoms. The van der Waals surface area contributed by atoms with Gasteiger partial charge in [0.05, 0.1) is 5.69 Å². The van der Waals surface area contributed by atoms with E-state index in [9.17, 15) is 9.90 Å². The van der Waals surface area contributed by atoms with Crippen LogP contribution < -0.4 is 10.2 Å². The van der Waals surface area contributed by atoms with Crippen LogP contribution in [0.3, 0.4) is 0 Å². The molecule has 2 aliphatic heterocycles. The molecule has 4 rings (SSSR count). The monoisotopic (exact) mass is 310 g/mol. The van der Waals surface area contributed by atoms with E-state index in [-0.39, 0.29) is 0 Å². The second-order valence-corrected chi connectivity index (χ2v) is 5.94. The Labute approximate surface area is 134 Å². The highest BCUT2D eigenvalue weighted by molar-refractivity contribution is 5.83. The molecule has 0 amide bonds. The van der Waals surface area contributed by atoms with Gasteiger partial charge in [-0.3, -0.25) is 0 Å². The Hall–Kier alpha value is -2.63. The number of hydrogen-bond donors (Lipinski definition) is 2. The van der Waals surface area contributed by atoms with Crippen LogP contribution in [-0.4, -0.2) is 40.2 Å². The number of aliphatic carboxylic acids is 1. The van der Waals surface area contributed by atoms with Gasteiger partial charge in [-0.25, -0.2) is 14.8 Å². The van der Waals surface area contributed by atoms with Crippen molar-refractivity contribution >= 4 is 17.5 Å². The highest BCUT2D eigenvalue weighted by Crippen LogP contribution is 2.37. The van der Waals surface area contributed by atoms with Crippen LogP contribution in [0.2, 0.25) is 0 Å². The summed E-state index contributed by atoms with van der Waals surface area (Å²) in [7, 11) is 0. The lowest BCUT2D eigenvalue weighted by atomic mass is 10.0. The molecule has 1 aromatic carbocycles. The number of para-hydroxylation sites is 1. The number of carboxylic acid groups (broad SMARTS) is 1. The zero-order chi connectivity index (χ0) is 15.8.